The minimum absolute atomic E-state index is 0.186. The zero-order valence-corrected chi connectivity index (χ0v) is 14.5. The van der Waals surface area contributed by atoms with Crippen molar-refractivity contribution in [1.29, 1.82) is 0 Å². The molecule has 1 amide bonds. The minimum atomic E-state index is -0.186. The van der Waals surface area contributed by atoms with E-state index in [1.54, 1.807) is 0 Å². The number of hydrogen-bond donors (Lipinski definition) is 1. The van der Waals surface area contributed by atoms with Gasteiger partial charge in [0.15, 0.2) is 0 Å². The lowest BCUT2D eigenvalue weighted by atomic mass is 9.93. The molecule has 0 spiro atoms. The molecule has 0 aromatic carbocycles. The van der Waals surface area contributed by atoms with Crippen molar-refractivity contribution in [2.24, 2.45) is 11.7 Å². The van der Waals surface area contributed by atoms with Crippen molar-refractivity contribution in [3.05, 3.63) is 18.0 Å². The third kappa shape index (κ3) is 4.90. The molecule has 132 valence electrons. The molecule has 2 N–H and O–H groups in total. The molecule has 1 aromatic heterocycles. The fraction of sp³-hybridized carbons (Fsp3) is 0.722. The van der Waals surface area contributed by atoms with Gasteiger partial charge in [-0.1, -0.05) is 0 Å². The van der Waals surface area contributed by atoms with Gasteiger partial charge in [0.2, 0.25) is 11.9 Å². The van der Waals surface area contributed by atoms with Crippen molar-refractivity contribution in [1.82, 2.24) is 14.9 Å². The van der Waals surface area contributed by atoms with Gasteiger partial charge in [0.05, 0.1) is 0 Å². The van der Waals surface area contributed by atoms with Crippen LogP contribution in [0.5, 0.6) is 0 Å². The predicted octanol–water partition coefficient (Wildman–Crippen LogP) is 1.94. The Hall–Kier alpha value is -1.69. The average molecular weight is 331 g/mol. The number of nitrogens with two attached hydrogens (primary N) is 1. The molecular formula is C18H29N5O. The molecule has 3 heterocycles. The molecule has 3 rings (SSSR count). The van der Waals surface area contributed by atoms with E-state index in [4.69, 9.17) is 5.73 Å². The number of primary amides is 1. The Bertz CT molecular complexity index is 527. The van der Waals surface area contributed by atoms with Crippen LogP contribution in [-0.4, -0.2) is 47.0 Å². The highest BCUT2D eigenvalue weighted by Crippen LogP contribution is 2.22. The minimum Gasteiger partial charge on any atom is -0.370 e. The first-order valence-corrected chi connectivity index (χ1v) is 9.27. The number of likely N-dealkylation sites (tertiary alicyclic amines) is 1. The van der Waals surface area contributed by atoms with Gasteiger partial charge in [-0.15, -0.1) is 0 Å². The summed E-state index contributed by atoms with van der Waals surface area (Å²) in [6.45, 7) is 5.20. The number of carbonyl (C=O) groups excluding carboxylic acids is 1. The second kappa shape index (κ2) is 8.42. The van der Waals surface area contributed by atoms with Gasteiger partial charge in [0, 0.05) is 50.6 Å². The SMILES string of the molecule is NC(=O)CC[C@H]1CCCN(Cc2cnc(N3CCCCC3)nc2)C1. The number of amides is 1. The Kier molecular flexibility index (Phi) is 6.01. The van der Waals surface area contributed by atoms with E-state index in [0.29, 0.717) is 12.3 Å². The largest absolute Gasteiger partial charge is 0.370 e. The molecule has 6 nitrogen and oxygen atoms in total. The molecule has 1 aromatic rings. The molecule has 0 aliphatic carbocycles. The van der Waals surface area contributed by atoms with Gasteiger partial charge >= 0.3 is 0 Å². The Morgan fingerprint density at radius 1 is 1.12 bits per heavy atom. The molecule has 0 bridgehead atoms. The summed E-state index contributed by atoms with van der Waals surface area (Å²) in [5, 5.41) is 0. The molecule has 0 unspecified atom stereocenters. The van der Waals surface area contributed by atoms with E-state index >= 15 is 0 Å². The molecule has 2 aliphatic rings. The van der Waals surface area contributed by atoms with E-state index in [1.807, 2.05) is 12.4 Å². The number of nitrogens with zero attached hydrogens (tertiary/aromatic N) is 4. The van der Waals surface area contributed by atoms with E-state index in [-0.39, 0.29) is 5.91 Å². The van der Waals surface area contributed by atoms with Gasteiger partial charge in [-0.05, 0) is 51.0 Å². The van der Waals surface area contributed by atoms with Crippen LogP contribution in [0.15, 0.2) is 12.4 Å². The molecule has 2 saturated heterocycles. The lowest BCUT2D eigenvalue weighted by Gasteiger charge is -2.32. The van der Waals surface area contributed by atoms with Crippen LogP contribution >= 0.6 is 0 Å². The topological polar surface area (TPSA) is 75.4 Å². The molecule has 2 fully saturated rings. The van der Waals surface area contributed by atoms with E-state index in [2.05, 4.69) is 19.8 Å². The summed E-state index contributed by atoms with van der Waals surface area (Å²) in [6, 6.07) is 0. The van der Waals surface area contributed by atoms with Gasteiger partial charge in [0.1, 0.15) is 0 Å². The van der Waals surface area contributed by atoms with Gasteiger partial charge < -0.3 is 10.6 Å². The first-order valence-electron chi connectivity index (χ1n) is 9.27. The molecule has 0 saturated carbocycles. The lowest BCUT2D eigenvalue weighted by Crippen LogP contribution is -2.35. The summed E-state index contributed by atoms with van der Waals surface area (Å²) in [6.07, 6.45) is 11.6. The van der Waals surface area contributed by atoms with E-state index in [9.17, 15) is 4.79 Å². The van der Waals surface area contributed by atoms with Crippen LogP contribution in [0, 0.1) is 5.92 Å². The quantitative estimate of drug-likeness (QED) is 0.862. The third-order valence-electron chi connectivity index (χ3n) is 5.14. The first kappa shape index (κ1) is 17.1. The molecular weight excluding hydrogens is 302 g/mol. The van der Waals surface area contributed by atoms with Crippen molar-refractivity contribution in [2.45, 2.75) is 51.5 Å². The van der Waals surface area contributed by atoms with E-state index in [0.717, 1.165) is 45.1 Å². The van der Waals surface area contributed by atoms with Crippen LogP contribution in [-0.2, 0) is 11.3 Å². The Balaban J connectivity index is 1.50. The van der Waals surface area contributed by atoms with Crippen molar-refractivity contribution >= 4 is 11.9 Å². The second-order valence-corrected chi connectivity index (χ2v) is 7.19. The number of aromatic nitrogens is 2. The Morgan fingerprint density at radius 2 is 1.88 bits per heavy atom. The summed E-state index contributed by atoms with van der Waals surface area (Å²) in [5.41, 5.74) is 6.44. The van der Waals surface area contributed by atoms with Crippen LogP contribution in [0.4, 0.5) is 5.95 Å². The second-order valence-electron chi connectivity index (χ2n) is 7.19. The number of rotatable bonds is 6. The number of hydrogen-bond acceptors (Lipinski definition) is 5. The van der Waals surface area contributed by atoms with Crippen molar-refractivity contribution in [3.8, 4) is 0 Å². The summed E-state index contributed by atoms with van der Waals surface area (Å²) < 4.78 is 0. The standard InChI is InChI=1S/C18H29N5O/c19-17(24)7-6-15-5-4-8-22(13-15)14-16-11-20-18(21-12-16)23-9-2-1-3-10-23/h11-12,15H,1-10,13-14H2,(H2,19,24)/t15-/m1/s1. The van der Waals surface area contributed by atoms with Crippen LogP contribution in [0.1, 0.15) is 50.5 Å². The molecule has 2 aliphatic heterocycles. The van der Waals surface area contributed by atoms with Crippen LogP contribution in [0.2, 0.25) is 0 Å². The fourth-order valence-electron chi connectivity index (χ4n) is 3.82. The zero-order valence-electron chi connectivity index (χ0n) is 14.5. The van der Waals surface area contributed by atoms with Gasteiger partial charge in [0.25, 0.3) is 0 Å². The number of carbonyl (C=O) groups is 1. The summed E-state index contributed by atoms with van der Waals surface area (Å²) in [5.74, 6) is 1.27. The van der Waals surface area contributed by atoms with Gasteiger partial charge in [-0.2, -0.15) is 0 Å². The lowest BCUT2D eigenvalue weighted by molar-refractivity contribution is -0.118. The average Bonchev–Trinajstić information content (AvgIpc) is 2.62. The highest BCUT2D eigenvalue weighted by molar-refractivity contribution is 5.73. The van der Waals surface area contributed by atoms with Crippen LogP contribution in [0.3, 0.4) is 0 Å². The molecule has 24 heavy (non-hydrogen) atoms. The smallest absolute Gasteiger partial charge is 0.225 e. The first-order chi connectivity index (χ1) is 11.7. The maximum Gasteiger partial charge on any atom is 0.225 e. The van der Waals surface area contributed by atoms with E-state index < -0.39 is 0 Å². The van der Waals surface area contributed by atoms with Crippen molar-refractivity contribution in [2.75, 3.05) is 31.1 Å². The summed E-state index contributed by atoms with van der Waals surface area (Å²) in [4.78, 5) is 24.9. The van der Waals surface area contributed by atoms with Crippen LogP contribution in [0.25, 0.3) is 0 Å². The van der Waals surface area contributed by atoms with Gasteiger partial charge in [-0.3, -0.25) is 9.69 Å². The summed E-state index contributed by atoms with van der Waals surface area (Å²) >= 11 is 0. The zero-order chi connectivity index (χ0) is 16.8. The summed E-state index contributed by atoms with van der Waals surface area (Å²) in [7, 11) is 0. The van der Waals surface area contributed by atoms with Crippen molar-refractivity contribution < 1.29 is 4.79 Å². The molecule has 0 radical (unpaired) electrons. The van der Waals surface area contributed by atoms with Gasteiger partial charge in [-0.25, -0.2) is 9.97 Å². The monoisotopic (exact) mass is 331 g/mol. The molecule has 1 atom stereocenters. The van der Waals surface area contributed by atoms with E-state index in [1.165, 1.54) is 37.7 Å². The fourth-order valence-corrected chi connectivity index (χ4v) is 3.82. The predicted molar refractivity (Wildman–Crippen MR) is 94.5 cm³/mol. The van der Waals surface area contributed by atoms with Crippen LogP contribution < -0.4 is 10.6 Å². The Labute approximate surface area is 144 Å². The normalized spacial score (nSPS) is 22.5. The highest BCUT2D eigenvalue weighted by atomic mass is 16.1. The third-order valence-corrected chi connectivity index (χ3v) is 5.14. The van der Waals surface area contributed by atoms with Crippen molar-refractivity contribution in [3.63, 3.8) is 0 Å². The maximum atomic E-state index is 11.0. The highest BCUT2D eigenvalue weighted by Gasteiger charge is 2.21. The molecule has 6 heteroatoms. The number of piperidine rings is 2. The maximum absolute atomic E-state index is 11.0. The Morgan fingerprint density at radius 3 is 2.58 bits per heavy atom. The number of anilines is 1.